The van der Waals surface area contributed by atoms with E-state index >= 15 is 0 Å². The minimum absolute atomic E-state index is 0.00850. The first-order valence-electron chi connectivity index (χ1n) is 8.04. The summed E-state index contributed by atoms with van der Waals surface area (Å²) in [6.07, 6.45) is 2.48. The zero-order valence-electron chi connectivity index (χ0n) is 13.8. The van der Waals surface area contributed by atoms with Crippen molar-refractivity contribution in [2.45, 2.75) is 25.3 Å². The average Bonchev–Trinajstić information content (AvgIpc) is 2.59. The van der Waals surface area contributed by atoms with E-state index in [1.54, 1.807) is 6.08 Å². The quantitative estimate of drug-likeness (QED) is 0.440. The SMILES string of the molecule is C=CC[C@H](CC(=O)N[C@H](CO)Cc1ccccc1)C(=O)NCCO. The Morgan fingerprint density at radius 2 is 1.92 bits per heavy atom. The third-order valence-corrected chi connectivity index (χ3v) is 3.58. The van der Waals surface area contributed by atoms with Gasteiger partial charge in [-0.2, -0.15) is 0 Å². The Balaban J connectivity index is 2.56. The molecule has 132 valence electrons. The first-order valence-corrected chi connectivity index (χ1v) is 8.04. The summed E-state index contributed by atoms with van der Waals surface area (Å²) >= 11 is 0. The molecule has 4 N–H and O–H groups in total. The van der Waals surface area contributed by atoms with Crippen molar-refractivity contribution in [3.8, 4) is 0 Å². The molecule has 0 radical (unpaired) electrons. The van der Waals surface area contributed by atoms with Crippen LogP contribution in [0.4, 0.5) is 0 Å². The fourth-order valence-electron chi connectivity index (χ4n) is 2.38. The summed E-state index contributed by atoms with van der Waals surface area (Å²) in [7, 11) is 0. The van der Waals surface area contributed by atoms with Crippen LogP contribution in [0.25, 0.3) is 0 Å². The number of carbonyl (C=O) groups excluding carboxylic acids is 2. The van der Waals surface area contributed by atoms with Crippen LogP contribution in [0.1, 0.15) is 18.4 Å². The molecule has 0 aliphatic heterocycles. The van der Waals surface area contributed by atoms with Crippen molar-refractivity contribution >= 4 is 11.8 Å². The Morgan fingerprint density at radius 1 is 1.21 bits per heavy atom. The number of nitrogens with one attached hydrogen (secondary N) is 2. The van der Waals surface area contributed by atoms with E-state index in [0.29, 0.717) is 12.8 Å². The molecule has 24 heavy (non-hydrogen) atoms. The number of aliphatic hydroxyl groups is 2. The number of amides is 2. The average molecular weight is 334 g/mol. The van der Waals surface area contributed by atoms with Gasteiger partial charge in [0.15, 0.2) is 0 Å². The summed E-state index contributed by atoms with van der Waals surface area (Å²) < 4.78 is 0. The van der Waals surface area contributed by atoms with E-state index in [1.807, 2.05) is 30.3 Å². The monoisotopic (exact) mass is 334 g/mol. The molecule has 0 spiro atoms. The van der Waals surface area contributed by atoms with Crippen molar-refractivity contribution in [2.75, 3.05) is 19.8 Å². The van der Waals surface area contributed by atoms with Gasteiger partial charge in [0, 0.05) is 13.0 Å². The molecule has 0 aliphatic carbocycles. The van der Waals surface area contributed by atoms with E-state index in [-0.39, 0.29) is 38.0 Å². The van der Waals surface area contributed by atoms with Gasteiger partial charge in [0.1, 0.15) is 0 Å². The lowest BCUT2D eigenvalue weighted by Gasteiger charge is -2.19. The lowest BCUT2D eigenvalue weighted by Crippen LogP contribution is -2.42. The number of hydrogen-bond acceptors (Lipinski definition) is 4. The molecule has 0 aliphatic rings. The number of carbonyl (C=O) groups is 2. The van der Waals surface area contributed by atoms with E-state index in [0.717, 1.165) is 5.56 Å². The fraction of sp³-hybridized carbons (Fsp3) is 0.444. The van der Waals surface area contributed by atoms with Crippen molar-refractivity contribution < 1.29 is 19.8 Å². The second-order valence-electron chi connectivity index (χ2n) is 5.58. The van der Waals surface area contributed by atoms with Crippen molar-refractivity contribution in [3.63, 3.8) is 0 Å². The Morgan fingerprint density at radius 3 is 2.50 bits per heavy atom. The number of hydrogen-bond donors (Lipinski definition) is 4. The Labute approximate surface area is 142 Å². The van der Waals surface area contributed by atoms with Gasteiger partial charge >= 0.3 is 0 Å². The van der Waals surface area contributed by atoms with E-state index in [2.05, 4.69) is 17.2 Å². The third-order valence-electron chi connectivity index (χ3n) is 3.58. The van der Waals surface area contributed by atoms with Gasteiger partial charge in [-0.25, -0.2) is 0 Å². The topological polar surface area (TPSA) is 98.7 Å². The van der Waals surface area contributed by atoms with Crippen molar-refractivity contribution in [2.24, 2.45) is 5.92 Å². The second kappa shape index (κ2) is 11.4. The summed E-state index contributed by atoms with van der Waals surface area (Å²) in [5.74, 6) is -1.12. The third kappa shape index (κ3) is 7.39. The van der Waals surface area contributed by atoms with Crippen LogP contribution in [0.15, 0.2) is 43.0 Å². The molecule has 6 nitrogen and oxygen atoms in total. The van der Waals surface area contributed by atoms with Crippen LogP contribution < -0.4 is 10.6 Å². The normalized spacial score (nSPS) is 12.9. The number of rotatable bonds is 11. The molecular formula is C18H26N2O4. The smallest absolute Gasteiger partial charge is 0.224 e. The summed E-state index contributed by atoms with van der Waals surface area (Å²) in [5.41, 5.74) is 1.01. The molecule has 2 atom stereocenters. The first kappa shape index (κ1) is 19.9. The Hall–Kier alpha value is -2.18. The van der Waals surface area contributed by atoms with Crippen molar-refractivity contribution in [1.29, 1.82) is 0 Å². The minimum atomic E-state index is -0.537. The molecule has 0 unspecified atom stereocenters. The lowest BCUT2D eigenvalue weighted by molar-refractivity contribution is -0.130. The van der Waals surface area contributed by atoms with Crippen LogP contribution in [-0.4, -0.2) is 47.8 Å². The maximum atomic E-state index is 12.2. The van der Waals surface area contributed by atoms with Gasteiger partial charge in [-0.05, 0) is 18.4 Å². The van der Waals surface area contributed by atoms with Gasteiger partial charge in [0.2, 0.25) is 11.8 Å². The van der Waals surface area contributed by atoms with Crippen LogP contribution in [0.3, 0.4) is 0 Å². The van der Waals surface area contributed by atoms with Crippen LogP contribution in [-0.2, 0) is 16.0 Å². The summed E-state index contributed by atoms with van der Waals surface area (Å²) in [5, 5.41) is 23.5. The summed E-state index contributed by atoms with van der Waals surface area (Å²) in [6, 6.07) is 9.16. The van der Waals surface area contributed by atoms with Crippen LogP contribution in [0.2, 0.25) is 0 Å². The van der Waals surface area contributed by atoms with E-state index in [1.165, 1.54) is 0 Å². The summed E-state index contributed by atoms with van der Waals surface area (Å²) in [6.45, 7) is 3.43. The molecule has 0 saturated carbocycles. The lowest BCUT2D eigenvalue weighted by atomic mass is 9.99. The summed E-state index contributed by atoms with van der Waals surface area (Å²) in [4.78, 5) is 24.2. The molecule has 1 aromatic rings. The van der Waals surface area contributed by atoms with Crippen LogP contribution in [0, 0.1) is 5.92 Å². The second-order valence-corrected chi connectivity index (χ2v) is 5.58. The Kier molecular flexibility index (Phi) is 9.41. The maximum Gasteiger partial charge on any atom is 0.224 e. The molecular weight excluding hydrogens is 308 g/mol. The highest BCUT2D eigenvalue weighted by Crippen LogP contribution is 2.10. The largest absolute Gasteiger partial charge is 0.395 e. The van der Waals surface area contributed by atoms with Crippen LogP contribution in [0.5, 0.6) is 0 Å². The predicted molar refractivity (Wildman–Crippen MR) is 92.2 cm³/mol. The molecule has 0 fully saturated rings. The van der Waals surface area contributed by atoms with E-state index in [4.69, 9.17) is 5.11 Å². The minimum Gasteiger partial charge on any atom is -0.395 e. The zero-order chi connectivity index (χ0) is 17.8. The first-order chi connectivity index (χ1) is 11.6. The molecule has 0 bridgehead atoms. The Bertz CT molecular complexity index is 519. The van der Waals surface area contributed by atoms with Gasteiger partial charge in [-0.15, -0.1) is 6.58 Å². The van der Waals surface area contributed by atoms with Gasteiger partial charge < -0.3 is 20.8 Å². The van der Waals surface area contributed by atoms with Crippen molar-refractivity contribution in [3.05, 3.63) is 48.6 Å². The molecule has 1 aromatic carbocycles. The van der Waals surface area contributed by atoms with E-state index < -0.39 is 12.0 Å². The standard InChI is InChI=1S/C18H26N2O4/c1-2-6-15(18(24)19-9-10-21)12-17(23)20-16(13-22)11-14-7-4-3-5-8-14/h2-5,7-8,15-16,21-22H,1,6,9-13H2,(H,19,24)(H,20,23)/t15-,16+/m1/s1. The van der Waals surface area contributed by atoms with Gasteiger partial charge in [0.25, 0.3) is 0 Å². The zero-order valence-corrected chi connectivity index (χ0v) is 13.8. The van der Waals surface area contributed by atoms with Gasteiger partial charge in [-0.1, -0.05) is 36.4 Å². The molecule has 2 amide bonds. The maximum absolute atomic E-state index is 12.2. The predicted octanol–water partition coefficient (Wildman–Crippen LogP) is 0.397. The molecule has 0 aromatic heterocycles. The highest BCUT2D eigenvalue weighted by Gasteiger charge is 2.22. The van der Waals surface area contributed by atoms with Crippen LogP contribution >= 0.6 is 0 Å². The molecule has 0 saturated heterocycles. The van der Waals surface area contributed by atoms with E-state index in [9.17, 15) is 14.7 Å². The fourth-order valence-corrected chi connectivity index (χ4v) is 2.38. The highest BCUT2D eigenvalue weighted by atomic mass is 16.3. The molecule has 1 rings (SSSR count). The number of benzene rings is 1. The molecule has 6 heteroatoms. The highest BCUT2D eigenvalue weighted by molar-refractivity contribution is 5.86. The van der Waals surface area contributed by atoms with Crippen molar-refractivity contribution in [1.82, 2.24) is 10.6 Å². The van der Waals surface area contributed by atoms with Gasteiger partial charge in [-0.3, -0.25) is 9.59 Å². The molecule has 0 heterocycles. The number of aliphatic hydroxyl groups excluding tert-OH is 2. The van der Waals surface area contributed by atoms with Gasteiger partial charge in [0.05, 0.1) is 25.2 Å². The number of allylic oxidation sites excluding steroid dienone is 1.